The summed E-state index contributed by atoms with van der Waals surface area (Å²) < 4.78 is 0. The lowest BCUT2D eigenvalue weighted by molar-refractivity contribution is 0.669. The Labute approximate surface area is 71.0 Å². The van der Waals surface area contributed by atoms with Gasteiger partial charge in [-0.2, -0.15) is 0 Å². The Morgan fingerprint density at radius 3 is 2.18 bits per heavy atom. The van der Waals surface area contributed by atoms with Gasteiger partial charge < -0.3 is 0 Å². The lowest BCUT2D eigenvalue weighted by atomic mass is 10.1. The third-order valence-corrected chi connectivity index (χ3v) is 2.34. The molecule has 0 fully saturated rings. The van der Waals surface area contributed by atoms with E-state index < -0.39 is 0 Å². The molecular formula is C11H20. The van der Waals surface area contributed by atoms with Gasteiger partial charge in [-0.1, -0.05) is 39.0 Å². The Kier molecular flexibility index (Phi) is 4.93. The molecule has 0 nitrogen and oxygen atoms in total. The normalized spacial score (nSPS) is 22.7. The Hall–Kier alpha value is -0.520. The first-order valence-corrected chi connectivity index (χ1v) is 4.57. The lowest BCUT2D eigenvalue weighted by Gasteiger charge is -2.00. The van der Waals surface area contributed by atoms with E-state index in [0.717, 1.165) is 5.92 Å². The lowest BCUT2D eigenvalue weighted by Crippen LogP contribution is -1.86. The van der Waals surface area contributed by atoms with Crippen molar-refractivity contribution in [2.24, 2.45) is 5.92 Å². The molecule has 0 N–H and O–H groups in total. The van der Waals surface area contributed by atoms with Gasteiger partial charge in [0.1, 0.15) is 0 Å². The van der Waals surface area contributed by atoms with Crippen LogP contribution in [0.5, 0.6) is 0 Å². The standard InChI is InChI=1S/C9H14.C2H6/c1-4-9-6-5-7(2)8(9)3;1-2/h4,7H,1,5-6H2,2-3H3;1-2H3. The molecule has 0 spiro atoms. The van der Waals surface area contributed by atoms with Crippen LogP contribution < -0.4 is 0 Å². The second kappa shape index (κ2) is 5.17. The van der Waals surface area contributed by atoms with Crippen molar-refractivity contribution < 1.29 is 0 Å². The zero-order valence-corrected chi connectivity index (χ0v) is 8.28. The number of allylic oxidation sites excluding steroid dienone is 3. The van der Waals surface area contributed by atoms with Crippen molar-refractivity contribution in [3.63, 3.8) is 0 Å². The van der Waals surface area contributed by atoms with Gasteiger partial charge in [0.2, 0.25) is 0 Å². The van der Waals surface area contributed by atoms with E-state index in [4.69, 9.17) is 0 Å². The summed E-state index contributed by atoms with van der Waals surface area (Å²) in [6.07, 6.45) is 4.57. The van der Waals surface area contributed by atoms with Crippen LogP contribution in [-0.4, -0.2) is 0 Å². The largest absolute Gasteiger partial charge is 0.0988 e. The fraction of sp³-hybridized carbons (Fsp3) is 0.636. The van der Waals surface area contributed by atoms with Crippen molar-refractivity contribution in [1.29, 1.82) is 0 Å². The van der Waals surface area contributed by atoms with E-state index in [9.17, 15) is 0 Å². The van der Waals surface area contributed by atoms with Gasteiger partial charge in [-0.15, -0.1) is 0 Å². The number of rotatable bonds is 1. The van der Waals surface area contributed by atoms with E-state index in [0.29, 0.717) is 0 Å². The molecule has 1 aliphatic rings. The van der Waals surface area contributed by atoms with E-state index in [-0.39, 0.29) is 0 Å². The summed E-state index contributed by atoms with van der Waals surface area (Å²) in [7, 11) is 0. The van der Waals surface area contributed by atoms with Crippen molar-refractivity contribution in [1.82, 2.24) is 0 Å². The quantitative estimate of drug-likeness (QED) is 0.534. The smallest absolute Gasteiger partial charge is 0.0225 e. The van der Waals surface area contributed by atoms with Crippen LogP contribution in [0.15, 0.2) is 23.8 Å². The van der Waals surface area contributed by atoms with Crippen molar-refractivity contribution in [3.8, 4) is 0 Å². The predicted octanol–water partition coefficient (Wildman–Crippen LogP) is 3.95. The fourth-order valence-corrected chi connectivity index (χ4v) is 1.37. The third kappa shape index (κ3) is 2.53. The van der Waals surface area contributed by atoms with Crippen LogP contribution in [0.1, 0.15) is 40.5 Å². The minimum atomic E-state index is 0.804. The summed E-state index contributed by atoms with van der Waals surface area (Å²) in [6.45, 7) is 12.3. The molecule has 1 aliphatic carbocycles. The van der Waals surface area contributed by atoms with Crippen LogP contribution >= 0.6 is 0 Å². The Morgan fingerprint density at radius 2 is 2.00 bits per heavy atom. The van der Waals surface area contributed by atoms with Gasteiger partial charge in [0.15, 0.2) is 0 Å². The van der Waals surface area contributed by atoms with Crippen LogP contribution in [0, 0.1) is 5.92 Å². The van der Waals surface area contributed by atoms with Gasteiger partial charge in [0.25, 0.3) is 0 Å². The van der Waals surface area contributed by atoms with E-state index >= 15 is 0 Å². The maximum absolute atomic E-state index is 3.77. The van der Waals surface area contributed by atoms with Crippen molar-refractivity contribution in [3.05, 3.63) is 23.8 Å². The van der Waals surface area contributed by atoms with E-state index in [1.807, 2.05) is 19.9 Å². The van der Waals surface area contributed by atoms with Crippen molar-refractivity contribution >= 4 is 0 Å². The first kappa shape index (κ1) is 10.5. The fourth-order valence-electron chi connectivity index (χ4n) is 1.37. The molecule has 0 bridgehead atoms. The zero-order valence-electron chi connectivity index (χ0n) is 8.28. The van der Waals surface area contributed by atoms with Crippen molar-refractivity contribution in [2.45, 2.75) is 40.5 Å². The van der Waals surface area contributed by atoms with Crippen LogP contribution in [0.25, 0.3) is 0 Å². The summed E-state index contributed by atoms with van der Waals surface area (Å²) in [5.74, 6) is 0.804. The van der Waals surface area contributed by atoms with Crippen LogP contribution in [-0.2, 0) is 0 Å². The molecule has 11 heavy (non-hydrogen) atoms. The molecule has 0 saturated carbocycles. The SMILES string of the molecule is C=CC1=C(C)C(C)CC1.CC. The van der Waals surface area contributed by atoms with Gasteiger partial charge in [0.05, 0.1) is 0 Å². The first-order valence-electron chi connectivity index (χ1n) is 4.57. The molecule has 0 radical (unpaired) electrons. The van der Waals surface area contributed by atoms with Crippen LogP contribution in [0.2, 0.25) is 0 Å². The first-order chi connectivity index (χ1) is 5.25. The predicted molar refractivity (Wildman–Crippen MR) is 52.6 cm³/mol. The highest BCUT2D eigenvalue weighted by atomic mass is 14.2. The molecule has 64 valence electrons. The zero-order chi connectivity index (χ0) is 8.85. The maximum Gasteiger partial charge on any atom is -0.0225 e. The molecule has 0 aromatic carbocycles. The Bertz CT molecular complexity index is 151. The molecule has 0 aliphatic heterocycles. The second-order valence-corrected chi connectivity index (χ2v) is 2.85. The average Bonchev–Trinajstić information content (AvgIpc) is 2.37. The summed E-state index contributed by atoms with van der Waals surface area (Å²) in [5, 5.41) is 0. The van der Waals surface area contributed by atoms with Gasteiger partial charge in [-0.25, -0.2) is 0 Å². The van der Waals surface area contributed by atoms with Gasteiger partial charge in [-0.05, 0) is 31.3 Å². The molecule has 1 rings (SSSR count). The Balaban J connectivity index is 0.000000461. The third-order valence-electron chi connectivity index (χ3n) is 2.34. The highest BCUT2D eigenvalue weighted by Gasteiger charge is 2.14. The van der Waals surface area contributed by atoms with E-state index in [1.165, 1.54) is 18.4 Å². The number of hydrogen-bond donors (Lipinski definition) is 0. The number of hydrogen-bond acceptors (Lipinski definition) is 0. The topological polar surface area (TPSA) is 0 Å². The minimum absolute atomic E-state index is 0.804. The monoisotopic (exact) mass is 152 g/mol. The molecule has 0 heterocycles. The van der Waals surface area contributed by atoms with Crippen molar-refractivity contribution in [2.75, 3.05) is 0 Å². The molecule has 0 heteroatoms. The maximum atomic E-state index is 3.77. The van der Waals surface area contributed by atoms with Gasteiger partial charge in [0, 0.05) is 0 Å². The minimum Gasteiger partial charge on any atom is -0.0988 e. The average molecular weight is 152 g/mol. The molecule has 1 unspecified atom stereocenters. The van der Waals surface area contributed by atoms with E-state index in [2.05, 4.69) is 20.4 Å². The second-order valence-electron chi connectivity index (χ2n) is 2.85. The molecule has 0 aromatic heterocycles. The molecule has 0 amide bonds. The van der Waals surface area contributed by atoms with Gasteiger partial charge >= 0.3 is 0 Å². The van der Waals surface area contributed by atoms with Crippen LogP contribution in [0.3, 0.4) is 0 Å². The summed E-state index contributed by atoms with van der Waals surface area (Å²) >= 11 is 0. The summed E-state index contributed by atoms with van der Waals surface area (Å²) in [5.41, 5.74) is 3.02. The van der Waals surface area contributed by atoms with Crippen LogP contribution in [0.4, 0.5) is 0 Å². The van der Waals surface area contributed by atoms with E-state index in [1.54, 1.807) is 5.57 Å². The molecule has 1 atom stereocenters. The molecule has 0 saturated heterocycles. The molecular weight excluding hydrogens is 132 g/mol. The van der Waals surface area contributed by atoms with Gasteiger partial charge in [-0.3, -0.25) is 0 Å². The highest BCUT2D eigenvalue weighted by molar-refractivity contribution is 5.28. The summed E-state index contributed by atoms with van der Waals surface area (Å²) in [6, 6.07) is 0. The highest BCUT2D eigenvalue weighted by Crippen LogP contribution is 2.31. The Morgan fingerprint density at radius 1 is 1.45 bits per heavy atom. The summed E-state index contributed by atoms with van der Waals surface area (Å²) in [4.78, 5) is 0. The molecule has 0 aromatic rings.